The van der Waals surface area contributed by atoms with Crippen LogP contribution in [0.3, 0.4) is 0 Å². The van der Waals surface area contributed by atoms with E-state index in [2.05, 4.69) is 20.8 Å². The Morgan fingerprint density at radius 1 is 0.938 bits per heavy atom. The van der Waals surface area contributed by atoms with E-state index in [4.69, 9.17) is 9.47 Å². The highest BCUT2D eigenvalue weighted by molar-refractivity contribution is 4.82. The van der Waals surface area contributed by atoms with Gasteiger partial charge in [0.15, 0.2) is 0 Å². The Labute approximate surface area is 102 Å². The number of rotatable bonds is 10. The van der Waals surface area contributed by atoms with Crippen molar-refractivity contribution in [3.8, 4) is 0 Å². The highest BCUT2D eigenvalue weighted by atomic mass is 16.5. The summed E-state index contributed by atoms with van der Waals surface area (Å²) >= 11 is 0. The van der Waals surface area contributed by atoms with Gasteiger partial charge in [0.2, 0.25) is 0 Å². The molecule has 0 saturated carbocycles. The lowest BCUT2D eigenvalue weighted by Crippen LogP contribution is -2.37. The van der Waals surface area contributed by atoms with E-state index in [0.29, 0.717) is 5.92 Å². The summed E-state index contributed by atoms with van der Waals surface area (Å²) < 4.78 is 10.8. The summed E-state index contributed by atoms with van der Waals surface area (Å²) in [5.41, 5.74) is 0.206. The molecule has 2 heteroatoms. The first-order valence-electron chi connectivity index (χ1n) is 6.60. The van der Waals surface area contributed by atoms with Crippen LogP contribution in [0.15, 0.2) is 0 Å². The van der Waals surface area contributed by atoms with Crippen molar-refractivity contribution >= 4 is 0 Å². The lowest BCUT2D eigenvalue weighted by molar-refractivity contribution is -0.0276. The van der Waals surface area contributed by atoms with E-state index in [-0.39, 0.29) is 5.41 Å². The minimum atomic E-state index is 0.206. The van der Waals surface area contributed by atoms with Gasteiger partial charge < -0.3 is 9.47 Å². The number of ether oxygens (including phenoxy) is 2. The molecule has 0 fully saturated rings. The lowest BCUT2D eigenvalue weighted by atomic mass is 9.74. The zero-order chi connectivity index (χ0) is 12.4. The third kappa shape index (κ3) is 5.31. The number of unbranched alkanes of at least 4 members (excludes halogenated alkanes) is 3. The molecule has 0 saturated heterocycles. The highest BCUT2D eigenvalue weighted by Crippen LogP contribution is 2.34. The molecule has 0 aliphatic carbocycles. The fourth-order valence-electron chi connectivity index (χ4n) is 2.29. The fourth-order valence-corrected chi connectivity index (χ4v) is 2.29. The fraction of sp³-hybridized carbons (Fsp3) is 1.00. The maximum Gasteiger partial charge on any atom is 0.0543 e. The zero-order valence-corrected chi connectivity index (χ0v) is 11.8. The van der Waals surface area contributed by atoms with Gasteiger partial charge in [0.1, 0.15) is 0 Å². The van der Waals surface area contributed by atoms with Crippen LogP contribution in [0.5, 0.6) is 0 Å². The number of methoxy groups -OCH3 is 2. The summed E-state index contributed by atoms with van der Waals surface area (Å²) in [6.07, 6.45) is 6.47. The van der Waals surface area contributed by atoms with Gasteiger partial charge in [-0.25, -0.2) is 0 Å². The summed E-state index contributed by atoms with van der Waals surface area (Å²) in [6, 6.07) is 0. The van der Waals surface area contributed by atoms with Crippen LogP contribution < -0.4 is 0 Å². The van der Waals surface area contributed by atoms with Crippen molar-refractivity contribution in [2.45, 2.75) is 52.9 Å². The van der Waals surface area contributed by atoms with Gasteiger partial charge in [0.05, 0.1) is 13.2 Å². The average Bonchev–Trinajstić information content (AvgIpc) is 2.24. The van der Waals surface area contributed by atoms with Crippen LogP contribution in [0.1, 0.15) is 52.9 Å². The Balaban J connectivity index is 4.24. The third-order valence-corrected chi connectivity index (χ3v) is 3.62. The molecule has 0 radical (unpaired) electrons. The van der Waals surface area contributed by atoms with Gasteiger partial charge in [0, 0.05) is 19.6 Å². The Kier molecular flexibility index (Phi) is 8.96. The second kappa shape index (κ2) is 9.00. The summed E-state index contributed by atoms with van der Waals surface area (Å²) in [5.74, 6) is 0.606. The summed E-state index contributed by atoms with van der Waals surface area (Å²) in [5, 5.41) is 0. The molecule has 0 aliphatic rings. The van der Waals surface area contributed by atoms with Gasteiger partial charge >= 0.3 is 0 Å². The summed E-state index contributed by atoms with van der Waals surface area (Å²) in [7, 11) is 3.58. The Morgan fingerprint density at radius 2 is 1.50 bits per heavy atom. The first-order chi connectivity index (χ1) is 7.63. The normalized spacial score (nSPS) is 12.4. The molecule has 0 N–H and O–H groups in total. The van der Waals surface area contributed by atoms with Gasteiger partial charge in [-0.1, -0.05) is 46.5 Å². The third-order valence-electron chi connectivity index (χ3n) is 3.62. The molecule has 0 aliphatic heterocycles. The van der Waals surface area contributed by atoms with Crippen LogP contribution in [0.4, 0.5) is 0 Å². The minimum absolute atomic E-state index is 0.206. The molecular formula is C14H30O2. The lowest BCUT2D eigenvalue weighted by Gasteiger charge is -2.36. The van der Waals surface area contributed by atoms with Crippen molar-refractivity contribution in [3.05, 3.63) is 0 Å². The molecule has 0 aromatic rings. The molecule has 0 aromatic carbocycles. The SMILES string of the molecule is CCCCCCC(COC)(COC)C(C)C. The predicted molar refractivity (Wildman–Crippen MR) is 69.8 cm³/mol. The molecule has 0 aromatic heterocycles. The molecular weight excluding hydrogens is 200 g/mol. The maximum atomic E-state index is 5.40. The topological polar surface area (TPSA) is 18.5 Å². The van der Waals surface area contributed by atoms with E-state index >= 15 is 0 Å². The molecule has 0 amide bonds. The minimum Gasteiger partial charge on any atom is -0.384 e. The predicted octanol–water partition coefficient (Wildman–Crippen LogP) is 3.89. The number of hydrogen-bond acceptors (Lipinski definition) is 2. The van der Waals surface area contributed by atoms with E-state index in [9.17, 15) is 0 Å². The molecule has 0 unspecified atom stereocenters. The van der Waals surface area contributed by atoms with Gasteiger partial charge in [-0.3, -0.25) is 0 Å². The van der Waals surface area contributed by atoms with Crippen molar-refractivity contribution in [2.75, 3.05) is 27.4 Å². The van der Waals surface area contributed by atoms with Crippen LogP contribution in [-0.4, -0.2) is 27.4 Å². The molecule has 0 rings (SSSR count). The average molecular weight is 230 g/mol. The van der Waals surface area contributed by atoms with E-state index in [1.165, 1.54) is 32.1 Å². The van der Waals surface area contributed by atoms with Crippen molar-refractivity contribution in [2.24, 2.45) is 11.3 Å². The first-order valence-corrected chi connectivity index (χ1v) is 6.60. The zero-order valence-electron chi connectivity index (χ0n) is 11.8. The van der Waals surface area contributed by atoms with E-state index < -0.39 is 0 Å². The van der Waals surface area contributed by atoms with Gasteiger partial charge in [-0.15, -0.1) is 0 Å². The first kappa shape index (κ1) is 15.9. The van der Waals surface area contributed by atoms with Crippen LogP contribution in [-0.2, 0) is 9.47 Å². The summed E-state index contributed by atoms with van der Waals surface area (Å²) in [6.45, 7) is 8.42. The summed E-state index contributed by atoms with van der Waals surface area (Å²) in [4.78, 5) is 0. The largest absolute Gasteiger partial charge is 0.384 e. The monoisotopic (exact) mass is 230 g/mol. The molecule has 0 atom stereocenters. The van der Waals surface area contributed by atoms with Crippen LogP contribution in [0.25, 0.3) is 0 Å². The van der Waals surface area contributed by atoms with E-state index in [0.717, 1.165) is 13.2 Å². The maximum absolute atomic E-state index is 5.40. The Hall–Kier alpha value is -0.0800. The highest BCUT2D eigenvalue weighted by Gasteiger charge is 2.33. The molecule has 98 valence electrons. The second-order valence-electron chi connectivity index (χ2n) is 5.19. The standard InChI is InChI=1S/C14H30O2/c1-6-7-8-9-10-14(11-15-4,12-16-5)13(2)3/h13H,6-12H2,1-5H3. The Morgan fingerprint density at radius 3 is 1.88 bits per heavy atom. The molecule has 2 nitrogen and oxygen atoms in total. The van der Waals surface area contributed by atoms with E-state index in [1.54, 1.807) is 14.2 Å². The van der Waals surface area contributed by atoms with Crippen LogP contribution in [0.2, 0.25) is 0 Å². The van der Waals surface area contributed by atoms with Gasteiger partial charge in [-0.05, 0) is 12.3 Å². The van der Waals surface area contributed by atoms with Crippen molar-refractivity contribution in [3.63, 3.8) is 0 Å². The van der Waals surface area contributed by atoms with Crippen LogP contribution in [0, 0.1) is 11.3 Å². The van der Waals surface area contributed by atoms with Gasteiger partial charge in [-0.2, -0.15) is 0 Å². The second-order valence-corrected chi connectivity index (χ2v) is 5.19. The van der Waals surface area contributed by atoms with E-state index in [1.807, 2.05) is 0 Å². The van der Waals surface area contributed by atoms with Gasteiger partial charge in [0.25, 0.3) is 0 Å². The van der Waals surface area contributed by atoms with Crippen molar-refractivity contribution in [1.82, 2.24) is 0 Å². The smallest absolute Gasteiger partial charge is 0.0543 e. The quantitative estimate of drug-likeness (QED) is 0.530. The molecule has 0 bridgehead atoms. The molecule has 0 spiro atoms. The van der Waals surface area contributed by atoms with Crippen molar-refractivity contribution < 1.29 is 9.47 Å². The van der Waals surface area contributed by atoms with Crippen molar-refractivity contribution in [1.29, 1.82) is 0 Å². The Bertz CT molecular complexity index is 149. The molecule has 16 heavy (non-hydrogen) atoms. The van der Waals surface area contributed by atoms with Crippen LogP contribution >= 0.6 is 0 Å². The number of hydrogen-bond donors (Lipinski definition) is 0. The molecule has 0 heterocycles.